The van der Waals surface area contributed by atoms with Crippen molar-refractivity contribution in [2.75, 3.05) is 26.1 Å². The van der Waals surface area contributed by atoms with E-state index in [1.807, 2.05) is 6.92 Å². The van der Waals surface area contributed by atoms with E-state index in [9.17, 15) is 13.2 Å². The van der Waals surface area contributed by atoms with E-state index in [0.29, 0.717) is 29.4 Å². The van der Waals surface area contributed by atoms with Gasteiger partial charge in [-0.05, 0) is 62.4 Å². The third-order valence-corrected chi connectivity index (χ3v) is 5.48. The summed E-state index contributed by atoms with van der Waals surface area (Å²) < 4.78 is 37.1. The number of aryl methyl sites for hydroxylation is 1. The predicted molar refractivity (Wildman–Crippen MR) is 109 cm³/mol. The summed E-state index contributed by atoms with van der Waals surface area (Å²) in [5.74, 6) is 0.819. The van der Waals surface area contributed by atoms with Gasteiger partial charge >= 0.3 is 0 Å². The van der Waals surface area contributed by atoms with Gasteiger partial charge in [-0.2, -0.15) is 0 Å². The number of hydrogen-bond acceptors (Lipinski definition) is 5. The minimum absolute atomic E-state index is 0.119. The Labute approximate surface area is 165 Å². The number of rotatable bonds is 8. The molecule has 150 valence electrons. The number of ether oxygens (including phenoxy) is 2. The van der Waals surface area contributed by atoms with Gasteiger partial charge in [0.2, 0.25) is 15.9 Å². The van der Waals surface area contributed by atoms with E-state index in [0.717, 1.165) is 5.56 Å². The third kappa shape index (κ3) is 5.34. The number of nitrogens with one attached hydrogen (secondary N) is 2. The molecule has 0 bridgehead atoms. The topological polar surface area (TPSA) is 93.7 Å². The van der Waals surface area contributed by atoms with E-state index in [4.69, 9.17) is 9.47 Å². The van der Waals surface area contributed by atoms with Crippen LogP contribution in [-0.2, 0) is 14.8 Å². The lowest BCUT2D eigenvalue weighted by molar-refractivity contribution is -0.111. The lowest BCUT2D eigenvalue weighted by Crippen LogP contribution is -2.20. The molecule has 2 aromatic rings. The average molecular weight is 404 g/mol. The quantitative estimate of drug-likeness (QED) is 0.660. The van der Waals surface area contributed by atoms with Crippen molar-refractivity contribution in [3.63, 3.8) is 0 Å². The first-order valence-corrected chi connectivity index (χ1v) is 10.1. The summed E-state index contributed by atoms with van der Waals surface area (Å²) in [6, 6.07) is 10.0. The second-order valence-corrected chi connectivity index (χ2v) is 7.71. The van der Waals surface area contributed by atoms with Crippen LogP contribution in [0.25, 0.3) is 6.08 Å². The van der Waals surface area contributed by atoms with E-state index in [2.05, 4.69) is 10.0 Å². The Kier molecular flexibility index (Phi) is 7.19. The van der Waals surface area contributed by atoms with Crippen molar-refractivity contribution in [3.05, 3.63) is 53.6 Å². The summed E-state index contributed by atoms with van der Waals surface area (Å²) in [6.45, 7) is 4.06. The molecule has 2 aromatic carbocycles. The number of sulfonamides is 1. The molecule has 0 spiro atoms. The molecule has 0 atom stereocenters. The molecule has 0 aliphatic heterocycles. The van der Waals surface area contributed by atoms with Gasteiger partial charge < -0.3 is 14.8 Å². The smallest absolute Gasteiger partial charge is 0.248 e. The molecular weight excluding hydrogens is 380 g/mol. The van der Waals surface area contributed by atoms with Gasteiger partial charge in [-0.15, -0.1) is 0 Å². The first-order valence-electron chi connectivity index (χ1n) is 8.64. The van der Waals surface area contributed by atoms with Crippen LogP contribution in [0.2, 0.25) is 0 Å². The molecule has 8 heteroatoms. The van der Waals surface area contributed by atoms with Crippen LogP contribution in [0.1, 0.15) is 18.1 Å². The van der Waals surface area contributed by atoms with Crippen molar-refractivity contribution in [3.8, 4) is 11.5 Å². The fraction of sp³-hybridized carbons (Fsp3) is 0.250. The molecule has 0 unspecified atom stereocenters. The Morgan fingerprint density at radius 3 is 2.54 bits per heavy atom. The van der Waals surface area contributed by atoms with Gasteiger partial charge in [0.05, 0.1) is 18.6 Å². The van der Waals surface area contributed by atoms with Crippen molar-refractivity contribution in [1.82, 2.24) is 4.72 Å². The SMILES string of the molecule is CCOc1cc(/C=C/C(=O)Nc2ccc(C)c(S(=O)(=O)NC)c2)ccc1OC. The average Bonchev–Trinajstić information content (AvgIpc) is 2.68. The molecule has 2 rings (SSSR count). The Morgan fingerprint density at radius 2 is 1.89 bits per heavy atom. The van der Waals surface area contributed by atoms with Crippen molar-refractivity contribution in [1.29, 1.82) is 0 Å². The van der Waals surface area contributed by atoms with Crippen LogP contribution in [0.3, 0.4) is 0 Å². The maximum absolute atomic E-state index is 12.2. The molecule has 0 radical (unpaired) electrons. The van der Waals surface area contributed by atoms with Crippen LogP contribution >= 0.6 is 0 Å². The Morgan fingerprint density at radius 1 is 1.14 bits per heavy atom. The zero-order chi connectivity index (χ0) is 20.7. The molecule has 0 saturated carbocycles. The second kappa shape index (κ2) is 9.38. The number of hydrogen-bond donors (Lipinski definition) is 2. The number of benzene rings is 2. The van der Waals surface area contributed by atoms with Crippen molar-refractivity contribution >= 4 is 27.7 Å². The first-order chi connectivity index (χ1) is 13.3. The fourth-order valence-electron chi connectivity index (χ4n) is 2.50. The normalized spacial score (nSPS) is 11.4. The molecule has 0 fully saturated rings. The highest BCUT2D eigenvalue weighted by molar-refractivity contribution is 7.89. The molecule has 0 aliphatic carbocycles. The Bertz CT molecular complexity index is 984. The monoisotopic (exact) mass is 404 g/mol. The van der Waals surface area contributed by atoms with E-state index < -0.39 is 10.0 Å². The van der Waals surface area contributed by atoms with Gasteiger partial charge in [-0.3, -0.25) is 4.79 Å². The standard InChI is InChI=1S/C20H24N2O5S/c1-5-27-18-12-15(7-10-17(18)26-4)8-11-20(23)22-16-9-6-14(2)19(13-16)28(24,25)21-3/h6-13,21H,5H2,1-4H3,(H,22,23)/b11-8+. The van der Waals surface area contributed by atoms with Crippen molar-refractivity contribution in [2.45, 2.75) is 18.7 Å². The van der Waals surface area contributed by atoms with Crippen LogP contribution < -0.4 is 19.5 Å². The van der Waals surface area contributed by atoms with Crippen LogP contribution in [-0.4, -0.2) is 35.1 Å². The van der Waals surface area contributed by atoms with E-state index in [1.54, 1.807) is 50.4 Å². The maximum atomic E-state index is 12.2. The number of amides is 1. The second-order valence-electron chi connectivity index (χ2n) is 5.85. The molecule has 1 amide bonds. The predicted octanol–water partition coefficient (Wildman–Crippen LogP) is 2.96. The summed E-state index contributed by atoms with van der Waals surface area (Å²) in [6.07, 6.45) is 3.00. The van der Waals surface area contributed by atoms with Crippen molar-refractivity contribution < 1.29 is 22.7 Å². The van der Waals surface area contributed by atoms with Gasteiger partial charge in [0, 0.05) is 11.8 Å². The molecule has 0 saturated heterocycles. The number of carbonyl (C=O) groups is 1. The highest BCUT2D eigenvalue weighted by Gasteiger charge is 2.15. The number of anilines is 1. The molecule has 0 heterocycles. The largest absolute Gasteiger partial charge is 0.493 e. The molecule has 0 aliphatic rings. The van der Waals surface area contributed by atoms with Gasteiger partial charge in [0.1, 0.15) is 0 Å². The summed E-state index contributed by atoms with van der Waals surface area (Å²) in [5.41, 5.74) is 1.74. The summed E-state index contributed by atoms with van der Waals surface area (Å²) in [7, 11) is -0.703. The zero-order valence-electron chi connectivity index (χ0n) is 16.3. The summed E-state index contributed by atoms with van der Waals surface area (Å²) in [5, 5.41) is 2.66. The Balaban J connectivity index is 2.16. The minimum atomic E-state index is -3.60. The van der Waals surface area contributed by atoms with Crippen LogP contribution in [0.5, 0.6) is 11.5 Å². The van der Waals surface area contributed by atoms with Crippen LogP contribution in [0.4, 0.5) is 5.69 Å². The zero-order valence-corrected chi connectivity index (χ0v) is 17.1. The number of methoxy groups -OCH3 is 1. The van der Waals surface area contributed by atoms with E-state index >= 15 is 0 Å². The molecule has 0 aromatic heterocycles. The maximum Gasteiger partial charge on any atom is 0.248 e. The van der Waals surface area contributed by atoms with Crippen molar-refractivity contribution in [2.24, 2.45) is 0 Å². The Hall–Kier alpha value is -2.84. The highest BCUT2D eigenvalue weighted by atomic mass is 32.2. The summed E-state index contributed by atoms with van der Waals surface area (Å²) >= 11 is 0. The van der Waals surface area contributed by atoms with Crippen LogP contribution in [0.15, 0.2) is 47.4 Å². The minimum Gasteiger partial charge on any atom is -0.493 e. The molecule has 28 heavy (non-hydrogen) atoms. The van der Waals surface area contributed by atoms with Crippen LogP contribution in [0, 0.1) is 6.92 Å². The number of carbonyl (C=O) groups excluding carboxylic acids is 1. The molecular formula is C20H24N2O5S. The molecule has 2 N–H and O–H groups in total. The van der Waals surface area contributed by atoms with Gasteiger partial charge in [0.25, 0.3) is 0 Å². The van der Waals surface area contributed by atoms with E-state index in [1.165, 1.54) is 19.2 Å². The lowest BCUT2D eigenvalue weighted by atomic mass is 10.2. The van der Waals surface area contributed by atoms with E-state index in [-0.39, 0.29) is 10.8 Å². The van der Waals surface area contributed by atoms with Gasteiger partial charge in [-0.1, -0.05) is 12.1 Å². The van der Waals surface area contributed by atoms with Gasteiger partial charge in [-0.25, -0.2) is 13.1 Å². The summed E-state index contributed by atoms with van der Waals surface area (Å²) in [4.78, 5) is 12.3. The van der Waals surface area contributed by atoms with Gasteiger partial charge in [0.15, 0.2) is 11.5 Å². The first kappa shape index (κ1) is 21.5. The molecule has 7 nitrogen and oxygen atoms in total. The fourth-order valence-corrected chi connectivity index (χ4v) is 3.49. The third-order valence-electron chi connectivity index (χ3n) is 3.93. The lowest BCUT2D eigenvalue weighted by Gasteiger charge is -2.10. The highest BCUT2D eigenvalue weighted by Crippen LogP contribution is 2.28.